The van der Waals surface area contributed by atoms with Gasteiger partial charge in [0, 0.05) is 27.9 Å². The molecule has 6 aromatic carbocycles. The summed E-state index contributed by atoms with van der Waals surface area (Å²) in [6.07, 6.45) is 27.1. The van der Waals surface area contributed by atoms with Crippen LogP contribution >= 0.6 is 0 Å². The maximum atomic E-state index is 4.38. The zero-order chi connectivity index (χ0) is 50.3. The van der Waals surface area contributed by atoms with Gasteiger partial charge in [0.05, 0.1) is 17.1 Å². The van der Waals surface area contributed by atoms with Crippen molar-refractivity contribution in [2.24, 2.45) is 5.92 Å². The Morgan fingerprint density at radius 3 is 1.87 bits per heavy atom. The molecule has 0 radical (unpaired) electrons. The van der Waals surface area contributed by atoms with Crippen LogP contribution in [0.15, 0.2) is 236 Å². The van der Waals surface area contributed by atoms with Gasteiger partial charge in [-0.05, 0) is 159 Å². The highest BCUT2D eigenvalue weighted by Gasteiger charge is 2.43. The van der Waals surface area contributed by atoms with E-state index in [9.17, 15) is 0 Å². The third kappa shape index (κ3) is 10.0. The van der Waals surface area contributed by atoms with E-state index < -0.39 is 0 Å². The molecule has 2 aliphatic heterocycles. The Bertz CT molecular complexity index is 3390. The molecule has 356 valence electrons. The van der Waals surface area contributed by atoms with Crippen LogP contribution < -0.4 is 30.7 Å². The minimum atomic E-state index is -0.365. The van der Waals surface area contributed by atoms with E-state index in [0.29, 0.717) is 5.92 Å². The third-order valence-corrected chi connectivity index (χ3v) is 14.7. The molecule has 0 fully saturated rings. The average Bonchev–Trinajstić information content (AvgIpc) is 3.38. The van der Waals surface area contributed by atoms with Crippen LogP contribution in [0.5, 0.6) is 0 Å². The molecular weight excluding hydrogens is 857 g/mol. The normalized spacial score (nSPS) is 17.8. The number of nitrogens with zero attached hydrogens (tertiary/aromatic N) is 2. The Kier molecular flexibility index (Phi) is 15.1. The highest BCUT2D eigenvalue weighted by molar-refractivity contribution is 5.91. The van der Waals surface area contributed by atoms with Gasteiger partial charge in [0.2, 0.25) is 0 Å². The summed E-state index contributed by atoms with van der Waals surface area (Å²) in [5.74, 6) is 0.316. The molecule has 1 atom stereocenters. The van der Waals surface area contributed by atoms with Crippen molar-refractivity contribution in [2.75, 3.05) is 9.80 Å². The van der Waals surface area contributed by atoms with Gasteiger partial charge in [0.1, 0.15) is 0 Å². The fourth-order valence-corrected chi connectivity index (χ4v) is 10.4. The molecular formula is C69H70N2. The van der Waals surface area contributed by atoms with Crippen LogP contribution in [0, 0.1) is 5.92 Å². The van der Waals surface area contributed by atoms with E-state index in [1.54, 1.807) is 0 Å². The van der Waals surface area contributed by atoms with Gasteiger partial charge in [-0.1, -0.05) is 206 Å². The molecule has 2 nitrogen and oxygen atoms in total. The Balaban J connectivity index is 0.000000900. The summed E-state index contributed by atoms with van der Waals surface area (Å²) in [7, 11) is 0. The smallest absolute Gasteiger partial charge is 0.0507 e. The predicted molar refractivity (Wildman–Crippen MR) is 310 cm³/mol. The molecule has 2 heteroatoms. The second-order valence-electron chi connectivity index (χ2n) is 19.9. The first-order chi connectivity index (χ1) is 34.3. The molecule has 6 aromatic rings. The van der Waals surface area contributed by atoms with Crippen LogP contribution in [-0.2, 0) is 10.8 Å². The first kappa shape index (κ1) is 49.7. The van der Waals surface area contributed by atoms with Crippen LogP contribution in [0.1, 0.15) is 90.0 Å². The lowest BCUT2D eigenvalue weighted by Gasteiger charge is -2.47. The molecule has 0 saturated heterocycles. The van der Waals surface area contributed by atoms with Crippen molar-refractivity contribution in [1.82, 2.24) is 0 Å². The van der Waals surface area contributed by atoms with E-state index in [-0.39, 0.29) is 10.8 Å². The van der Waals surface area contributed by atoms with Crippen LogP contribution in [0.25, 0.3) is 24.8 Å². The first-order valence-corrected chi connectivity index (χ1v) is 25.2. The Hall–Kier alpha value is -7.68. The third-order valence-electron chi connectivity index (χ3n) is 14.7. The molecule has 0 bridgehead atoms. The topological polar surface area (TPSA) is 6.48 Å². The number of hydrogen-bond donors (Lipinski definition) is 0. The van der Waals surface area contributed by atoms with Gasteiger partial charge in [-0.25, -0.2) is 0 Å². The lowest BCUT2D eigenvalue weighted by atomic mass is 9.68. The van der Waals surface area contributed by atoms with Gasteiger partial charge < -0.3 is 9.80 Å². The molecule has 9 rings (SSSR count). The molecule has 3 aliphatic rings. The van der Waals surface area contributed by atoms with Crippen LogP contribution in [0.3, 0.4) is 0 Å². The zero-order valence-corrected chi connectivity index (χ0v) is 43.1. The van der Waals surface area contributed by atoms with Gasteiger partial charge in [-0.2, -0.15) is 0 Å². The Labute approximate surface area is 424 Å². The average molecular weight is 927 g/mol. The highest BCUT2D eigenvalue weighted by Crippen LogP contribution is 2.57. The number of fused-ring (bicyclic) bond motifs is 3. The van der Waals surface area contributed by atoms with E-state index >= 15 is 0 Å². The van der Waals surface area contributed by atoms with Gasteiger partial charge in [0.15, 0.2) is 0 Å². The van der Waals surface area contributed by atoms with E-state index in [0.717, 1.165) is 62.6 Å². The number of hydrogen-bond acceptors (Lipinski definition) is 2. The van der Waals surface area contributed by atoms with Crippen molar-refractivity contribution in [3.05, 3.63) is 279 Å². The van der Waals surface area contributed by atoms with Crippen molar-refractivity contribution in [3.8, 4) is 0 Å². The van der Waals surface area contributed by atoms with Crippen molar-refractivity contribution in [1.29, 1.82) is 0 Å². The number of rotatable bonds is 11. The predicted octanol–water partition coefficient (Wildman–Crippen LogP) is 15.7. The van der Waals surface area contributed by atoms with Crippen molar-refractivity contribution < 1.29 is 0 Å². The number of para-hydroxylation sites is 2. The molecule has 0 amide bonds. The summed E-state index contributed by atoms with van der Waals surface area (Å²) in [4.78, 5) is 4.98. The summed E-state index contributed by atoms with van der Waals surface area (Å²) in [5.41, 5.74) is 16.4. The summed E-state index contributed by atoms with van der Waals surface area (Å²) in [5, 5.41) is 4.27. The zero-order valence-electron chi connectivity index (χ0n) is 43.1. The van der Waals surface area contributed by atoms with Crippen LogP contribution in [0.2, 0.25) is 0 Å². The van der Waals surface area contributed by atoms with Gasteiger partial charge in [0.25, 0.3) is 0 Å². The highest BCUT2D eigenvalue weighted by atomic mass is 15.2. The molecule has 0 spiro atoms. The van der Waals surface area contributed by atoms with Gasteiger partial charge in [-0.3, -0.25) is 0 Å². The molecule has 1 unspecified atom stereocenters. The monoisotopic (exact) mass is 927 g/mol. The lowest BCUT2D eigenvalue weighted by molar-refractivity contribution is 0.597. The molecule has 1 aliphatic carbocycles. The maximum absolute atomic E-state index is 4.38. The first-order valence-electron chi connectivity index (χ1n) is 25.2. The SMILES string of the molecule is C=C/C(c1ccc2c(c1)C(C)(C)c1cc3c(cc1N2c1ccccc1)C(C)(C)C(C)=C(/C=C\CC(/C=c1/ccccc1=C)=C1\C=CC=CC1C)N3c1ccccc1)=c1/ccccc1=C.C=CCC/C=C\C. The quantitative estimate of drug-likeness (QED) is 0.0944. The summed E-state index contributed by atoms with van der Waals surface area (Å²) in [6.45, 7) is 32.8. The molecule has 2 heterocycles. The summed E-state index contributed by atoms with van der Waals surface area (Å²) in [6, 6.07) is 50.4. The van der Waals surface area contributed by atoms with Gasteiger partial charge >= 0.3 is 0 Å². The number of benzene rings is 6. The maximum Gasteiger partial charge on any atom is 0.0507 e. The molecule has 71 heavy (non-hydrogen) atoms. The van der Waals surface area contributed by atoms with Gasteiger partial charge in [-0.15, -0.1) is 6.58 Å². The second-order valence-corrected chi connectivity index (χ2v) is 19.9. The Morgan fingerprint density at radius 2 is 1.24 bits per heavy atom. The van der Waals surface area contributed by atoms with Crippen LogP contribution in [0.4, 0.5) is 28.4 Å². The fourth-order valence-electron chi connectivity index (χ4n) is 10.4. The second kappa shape index (κ2) is 21.5. The number of anilines is 5. The number of allylic oxidation sites excluding steroid dienone is 13. The standard InChI is InChI=1S/C62H58N2.C7H12/c1-10-51(53-34-22-19-26-44(53)4)48-36-37-58-54(39-48)62(8,9)56-41-59-55(40-60(56)64(58)50-31-15-12-16-32-50)61(6,7)45(5)57(63(59)49-29-13-11-14-30-49)35-23-28-47(52-33-21-18-25-43(52)3)38-46-27-20-17-24-42(46)2;1-3-5-7-6-4-2/h10-27,29-41,43H,1-2,4,28H2,3,5-9H3;3-4,6H,1,5,7H2,2H3/b35-23-,46-38-,52-47-,53-51+;6-4-. The minimum Gasteiger partial charge on any atom is -0.310 e. The Morgan fingerprint density at radius 1 is 0.634 bits per heavy atom. The fraction of sp³-hybridized carbons (Fsp3) is 0.188. The number of unbranched alkanes of at least 4 members (excludes halogenated alkanes) is 1. The van der Waals surface area contributed by atoms with Crippen molar-refractivity contribution in [3.63, 3.8) is 0 Å². The lowest BCUT2D eigenvalue weighted by Crippen LogP contribution is -2.36. The minimum absolute atomic E-state index is 0.285. The molecule has 0 aromatic heterocycles. The largest absolute Gasteiger partial charge is 0.310 e. The van der Waals surface area contributed by atoms with Crippen LogP contribution in [-0.4, -0.2) is 0 Å². The van der Waals surface area contributed by atoms with Crippen molar-refractivity contribution in [2.45, 2.75) is 78.6 Å². The van der Waals surface area contributed by atoms with E-state index in [1.165, 1.54) is 56.2 Å². The van der Waals surface area contributed by atoms with Crippen molar-refractivity contribution >= 4 is 53.2 Å². The molecule has 0 saturated carbocycles. The summed E-state index contributed by atoms with van der Waals surface area (Å²) < 4.78 is 0. The van der Waals surface area contributed by atoms with E-state index in [1.807, 2.05) is 25.1 Å². The molecule has 0 N–H and O–H groups in total. The summed E-state index contributed by atoms with van der Waals surface area (Å²) >= 11 is 0. The van der Waals surface area contributed by atoms with E-state index in [4.69, 9.17) is 0 Å². The van der Waals surface area contributed by atoms with E-state index in [2.05, 4.69) is 266 Å².